The summed E-state index contributed by atoms with van der Waals surface area (Å²) >= 11 is 0. The maximum Gasteiger partial charge on any atom is 0.245 e. The molecule has 1 amide bonds. The van der Waals surface area contributed by atoms with Crippen LogP contribution < -0.4 is 0 Å². The molecule has 0 bridgehead atoms. The van der Waals surface area contributed by atoms with E-state index in [1.54, 1.807) is 11.2 Å². The molecule has 0 spiro atoms. The SMILES string of the molecule is C[C@H](c1cc2ccccc2o1)N(C)C(=O)[C@@H](C)n1cnc2ccccc21. The van der Waals surface area contributed by atoms with E-state index < -0.39 is 0 Å². The summed E-state index contributed by atoms with van der Waals surface area (Å²) in [5.41, 5.74) is 2.68. The summed E-state index contributed by atoms with van der Waals surface area (Å²) in [4.78, 5) is 19.2. The Bertz CT molecular complexity index is 1050. The molecule has 0 aliphatic heterocycles. The molecule has 0 aliphatic rings. The van der Waals surface area contributed by atoms with E-state index in [0.717, 1.165) is 27.8 Å². The van der Waals surface area contributed by atoms with Gasteiger partial charge in [0, 0.05) is 12.4 Å². The van der Waals surface area contributed by atoms with Crippen molar-refractivity contribution in [1.82, 2.24) is 14.5 Å². The molecule has 4 aromatic rings. The van der Waals surface area contributed by atoms with Crippen LogP contribution in [0.3, 0.4) is 0 Å². The van der Waals surface area contributed by atoms with Gasteiger partial charge in [0.2, 0.25) is 5.91 Å². The summed E-state index contributed by atoms with van der Waals surface area (Å²) < 4.78 is 7.84. The molecule has 26 heavy (non-hydrogen) atoms. The number of para-hydroxylation sites is 3. The lowest BCUT2D eigenvalue weighted by molar-refractivity contribution is -0.135. The van der Waals surface area contributed by atoms with E-state index in [0.29, 0.717) is 0 Å². The second-order valence-electron chi connectivity index (χ2n) is 6.63. The molecular weight excluding hydrogens is 326 g/mol. The van der Waals surface area contributed by atoms with Crippen LogP contribution in [0.1, 0.15) is 31.7 Å². The summed E-state index contributed by atoms with van der Waals surface area (Å²) in [5.74, 6) is 0.797. The zero-order chi connectivity index (χ0) is 18.3. The lowest BCUT2D eigenvalue weighted by Gasteiger charge is -2.27. The Morgan fingerprint density at radius 1 is 1.12 bits per heavy atom. The van der Waals surface area contributed by atoms with Gasteiger partial charge in [-0.1, -0.05) is 30.3 Å². The number of aromatic nitrogens is 2. The summed E-state index contributed by atoms with van der Waals surface area (Å²) in [6, 6.07) is 17.2. The molecule has 4 rings (SSSR count). The van der Waals surface area contributed by atoms with Gasteiger partial charge in [-0.3, -0.25) is 4.79 Å². The zero-order valence-corrected chi connectivity index (χ0v) is 15.1. The molecule has 0 radical (unpaired) electrons. The lowest BCUT2D eigenvalue weighted by Crippen LogP contribution is -2.34. The Kier molecular flexibility index (Phi) is 3.99. The fourth-order valence-electron chi connectivity index (χ4n) is 3.29. The van der Waals surface area contributed by atoms with Crippen LogP contribution in [-0.4, -0.2) is 27.4 Å². The number of rotatable bonds is 4. The van der Waals surface area contributed by atoms with Crippen molar-refractivity contribution in [3.8, 4) is 0 Å². The Morgan fingerprint density at radius 2 is 1.85 bits per heavy atom. The number of hydrogen-bond acceptors (Lipinski definition) is 3. The maximum atomic E-state index is 13.1. The quantitative estimate of drug-likeness (QED) is 0.544. The first-order valence-electron chi connectivity index (χ1n) is 8.73. The number of likely N-dealkylation sites (N-methyl/N-ethyl adjacent to an activating group) is 1. The number of amides is 1. The van der Waals surface area contributed by atoms with E-state index in [4.69, 9.17) is 4.42 Å². The first-order valence-corrected chi connectivity index (χ1v) is 8.73. The van der Waals surface area contributed by atoms with Crippen molar-refractivity contribution in [2.24, 2.45) is 0 Å². The summed E-state index contributed by atoms with van der Waals surface area (Å²) in [7, 11) is 1.82. The minimum absolute atomic E-state index is 0.0149. The topological polar surface area (TPSA) is 51.3 Å². The molecule has 132 valence electrons. The Hall–Kier alpha value is -3.08. The predicted octanol–water partition coefficient (Wildman–Crippen LogP) is 4.56. The molecule has 0 unspecified atom stereocenters. The van der Waals surface area contributed by atoms with Crippen molar-refractivity contribution in [2.45, 2.75) is 25.9 Å². The molecule has 0 saturated carbocycles. The number of furan rings is 1. The number of benzene rings is 2. The fraction of sp³-hybridized carbons (Fsp3) is 0.238. The van der Waals surface area contributed by atoms with Gasteiger partial charge in [0.25, 0.3) is 0 Å². The second kappa shape index (κ2) is 6.33. The number of carbonyl (C=O) groups is 1. The maximum absolute atomic E-state index is 13.1. The van der Waals surface area contributed by atoms with Gasteiger partial charge in [-0.2, -0.15) is 0 Å². The molecule has 0 aliphatic carbocycles. The van der Waals surface area contributed by atoms with Crippen LogP contribution in [0.25, 0.3) is 22.0 Å². The molecule has 0 saturated heterocycles. The predicted molar refractivity (Wildman–Crippen MR) is 102 cm³/mol. The van der Waals surface area contributed by atoms with Gasteiger partial charge in [-0.25, -0.2) is 4.98 Å². The van der Waals surface area contributed by atoms with E-state index in [2.05, 4.69) is 4.98 Å². The lowest BCUT2D eigenvalue weighted by atomic mass is 10.1. The average molecular weight is 347 g/mol. The highest BCUT2D eigenvalue weighted by Crippen LogP contribution is 2.28. The average Bonchev–Trinajstić information content (AvgIpc) is 3.29. The molecule has 5 nitrogen and oxygen atoms in total. The minimum atomic E-state index is -0.348. The van der Waals surface area contributed by atoms with E-state index >= 15 is 0 Å². The fourth-order valence-corrected chi connectivity index (χ4v) is 3.29. The number of nitrogens with zero attached hydrogens (tertiary/aromatic N) is 3. The number of hydrogen-bond donors (Lipinski definition) is 0. The normalized spacial score (nSPS) is 13.8. The first kappa shape index (κ1) is 16.4. The molecule has 0 fully saturated rings. The van der Waals surface area contributed by atoms with Gasteiger partial charge in [0.15, 0.2) is 0 Å². The Balaban J connectivity index is 1.60. The highest BCUT2D eigenvalue weighted by Gasteiger charge is 2.26. The molecule has 2 aromatic heterocycles. The third-order valence-electron chi connectivity index (χ3n) is 5.04. The molecule has 2 heterocycles. The van der Waals surface area contributed by atoms with Gasteiger partial charge in [-0.05, 0) is 38.1 Å². The standard InChI is InChI=1S/C21H21N3O2/c1-14(20-12-16-8-4-7-11-19(16)26-20)23(3)21(25)15(2)24-13-22-17-9-5-6-10-18(17)24/h4-15H,1-3H3/t14-,15-/m1/s1. The summed E-state index contributed by atoms with van der Waals surface area (Å²) in [6.07, 6.45) is 1.73. The van der Waals surface area contributed by atoms with Crippen LogP contribution in [0, 0.1) is 0 Å². The summed E-state index contributed by atoms with van der Waals surface area (Å²) in [5, 5.41) is 1.05. The van der Waals surface area contributed by atoms with Gasteiger partial charge >= 0.3 is 0 Å². The largest absolute Gasteiger partial charge is 0.459 e. The monoisotopic (exact) mass is 347 g/mol. The van der Waals surface area contributed by atoms with Crippen LogP contribution in [0.2, 0.25) is 0 Å². The number of carbonyl (C=O) groups excluding carboxylic acids is 1. The second-order valence-corrected chi connectivity index (χ2v) is 6.63. The van der Waals surface area contributed by atoms with Crippen molar-refractivity contribution >= 4 is 27.9 Å². The van der Waals surface area contributed by atoms with Crippen LogP contribution >= 0.6 is 0 Å². The number of imidazole rings is 1. The van der Waals surface area contributed by atoms with Gasteiger partial charge in [0.1, 0.15) is 17.4 Å². The van der Waals surface area contributed by atoms with Crippen molar-refractivity contribution in [2.75, 3.05) is 7.05 Å². The van der Waals surface area contributed by atoms with Gasteiger partial charge in [-0.15, -0.1) is 0 Å². The smallest absolute Gasteiger partial charge is 0.245 e. The first-order chi connectivity index (χ1) is 12.6. The van der Waals surface area contributed by atoms with Crippen molar-refractivity contribution in [1.29, 1.82) is 0 Å². The van der Waals surface area contributed by atoms with Crippen molar-refractivity contribution in [3.05, 3.63) is 66.7 Å². The molecule has 5 heteroatoms. The molecule has 2 atom stereocenters. The molecular formula is C21H21N3O2. The minimum Gasteiger partial charge on any atom is -0.459 e. The highest BCUT2D eigenvalue weighted by atomic mass is 16.3. The Labute approximate surface area is 151 Å². The van der Waals surface area contributed by atoms with Crippen molar-refractivity contribution in [3.63, 3.8) is 0 Å². The van der Waals surface area contributed by atoms with Crippen LogP contribution in [0.4, 0.5) is 0 Å². The third kappa shape index (κ3) is 2.65. The van der Waals surface area contributed by atoms with Crippen molar-refractivity contribution < 1.29 is 9.21 Å². The Morgan fingerprint density at radius 3 is 2.65 bits per heavy atom. The van der Waals surface area contributed by atoms with E-state index in [1.807, 2.05) is 80.1 Å². The van der Waals surface area contributed by atoms with E-state index in [9.17, 15) is 4.79 Å². The van der Waals surface area contributed by atoms with E-state index in [1.165, 1.54) is 0 Å². The molecule has 2 aromatic carbocycles. The van der Waals surface area contributed by atoms with Crippen LogP contribution in [-0.2, 0) is 4.79 Å². The van der Waals surface area contributed by atoms with Crippen LogP contribution in [0.15, 0.2) is 65.3 Å². The van der Waals surface area contributed by atoms with Gasteiger partial charge in [0.05, 0.1) is 23.4 Å². The molecule has 0 N–H and O–H groups in total. The van der Waals surface area contributed by atoms with Crippen LogP contribution in [0.5, 0.6) is 0 Å². The third-order valence-corrected chi connectivity index (χ3v) is 5.04. The summed E-state index contributed by atoms with van der Waals surface area (Å²) in [6.45, 7) is 3.88. The zero-order valence-electron chi connectivity index (χ0n) is 15.1. The highest BCUT2D eigenvalue weighted by molar-refractivity contribution is 5.84. The van der Waals surface area contributed by atoms with Gasteiger partial charge < -0.3 is 13.9 Å². The van der Waals surface area contributed by atoms with E-state index in [-0.39, 0.29) is 18.0 Å². The number of fused-ring (bicyclic) bond motifs is 2.